The van der Waals surface area contributed by atoms with Crippen molar-refractivity contribution in [2.24, 2.45) is 0 Å². The number of aryl methyl sites for hydroxylation is 1. The summed E-state index contributed by atoms with van der Waals surface area (Å²) in [5, 5.41) is 2.29. The van der Waals surface area contributed by atoms with Crippen LogP contribution >= 0.6 is 0 Å². The Balaban J connectivity index is 1.34. The van der Waals surface area contributed by atoms with Gasteiger partial charge < -0.3 is 14.0 Å². The van der Waals surface area contributed by atoms with Crippen molar-refractivity contribution in [3.05, 3.63) is 90.0 Å². The monoisotopic (exact) mass is 413 g/mol. The van der Waals surface area contributed by atoms with Crippen molar-refractivity contribution in [2.45, 2.75) is 33.0 Å². The van der Waals surface area contributed by atoms with Crippen LogP contribution in [-0.4, -0.2) is 23.1 Å². The highest BCUT2D eigenvalue weighted by atomic mass is 16.6. The van der Waals surface area contributed by atoms with Crippen LogP contribution in [0.25, 0.3) is 10.8 Å². The fourth-order valence-corrected chi connectivity index (χ4v) is 4.25. The first-order valence-corrected chi connectivity index (χ1v) is 10.5. The third-order valence-electron chi connectivity index (χ3n) is 5.90. The Hall–Kier alpha value is -3.60. The predicted octanol–water partition coefficient (Wildman–Crippen LogP) is 4.27. The Bertz CT molecular complexity index is 1270. The molecule has 0 bridgehead atoms. The summed E-state index contributed by atoms with van der Waals surface area (Å²) in [5.41, 5.74) is 2.77. The van der Waals surface area contributed by atoms with Crippen molar-refractivity contribution in [3.63, 3.8) is 0 Å². The molecule has 0 fully saturated rings. The smallest absolute Gasteiger partial charge is 0.229 e. The van der Waals surface area contributed by atoms with E-state index >= 15 is 0 Å². The number of ketones is 1. The molecular weight excluding hydrogens is 388 g/mol. The van der Waals surface area contributed by atoms with Crippen LogP contribution in [0.2, 0.25) is 0 Å². The Labute approximate surface area is 181 Å². The fourth-order valence-electron chi connectivity index (χ4n) is 4.25. The summed E-state index contributed by atoms with van der Waals surface area (Å²) in [5.74, 6) is 1.65. The number of benzene rings is 2. The molecule has 5 heteroatoms. The topological polar surface area (TPSA) is 44.3 Å². The van der Waals surface area contributed by atoms with Crippen molar-refractivity contribution < 1.29 is 18.8 Å². The number of carbonyl (C=O) groups excluding carboxylic acids is 1. The van der Waals surface area contributed by atoms with Crippen molar-refractivity contribution in [1.82, 2.24) is 4.57 Å². The summed E-state index contributed by atoms with van der Waals surface area (Å²) < 4.78 is 16.1. The van der Waals surface area contributed by atoms with Crippen molar-refractivity contribution in [1.29, 1.82) is 0 Å². The van der Waals surface area contributed by atoms with Crippen LogP contribution in [0.5, 0.6) is 11.5 Å². The lowest BCUT2D eigenvalue weighted by Gasteiger charge is -2.27. The number of aromatic nitrogens is 2. The summed E-state index contributed by atoms with van der Waals surface area (Å²) in [6.07, 6.45) is 3.89. The maximum absolute atomic E-state index is 13.1. The zero-order valence-electron chi connectivity index (χ0n) is 17.7. The van der Waals surface area contributed by atoms with Gasteiger partial charge in [-0.15, -0.1) is 0 Å². The Morgan fingerprint density at radius 2 is 1.77 bits per heavy atom. The number of para-hydroxylation sites is 2. The van der Waals surface area contributed by atoms with Crippen LogP contribution in [0.4, 0.5) is 0 Å². The second-order valence-electron chi connectivity index (χ2n) is 8.06. The minimum atomic E-state index is -0.0995. The zero-order chi connectivity index (χ0) is 21.4. The van der Waals surface area contributed by atoms with E-state index in [-0.39, 0.29) is 11.9 Å². The summed E-state index contributed by atoms with van der Waals surface area (Å²) in [7, 11) is 0. The highest BCUT2D eigenvalue weighted by Crippen LogP contribution is 2.31. The van der Waals surface area contributed by atoms with E-state index in [1.165, 1.54) is 5.39 Å². The molecular formula is C26H25N2O3+. The van der Waals surface area contributed by atoms with Gasteiger partial charge in [-0.1, -0.05) is 30.3 Å². The number of pyridine rings is 1. The summed E-state index contributed by atoms with van der Waals surface area (Å²) in [6, 6.07) is 19.9. The van der Waals surface area contributed by atoms with Gasteiger partial charge in [0, 0.05) is 28.4 Å². The molecule has 2 aromatic heterocycles. The van der Waals surface area contributed by atoms with Crippen LogP contribution in [0.3, 0.4) is 0 Å². The summed E-state index contributed by atoms with van der Waals surface area (Å²) in [6.45, 7) is 5.48. The maximum atomic E-state index is 13.1. The molecule has 1 aliphatic heterocycles. The van der Waals surface area contributed by atoms with E-state index in [4.69, 9.17) is 9.47 Å². The van der Waals surface area contributed by atoms with E-state index in [2.05, 4.69) is 16.7 Å². The van der Waals surface area contributed by atoms with Crippen LogP contribution in [-0.2, 0) is 13.1 Å². The molecule has 4 aromatic rings. The van der Waals surface area contributed by atoms with Gasteiger partial charge in [0.05, 0.1) is 6.54 Å². The molecule has 1 aliphatic rings. The first-order valence-electron chi connectivity index (χ1n) is 10.5. The highest BCUT2D eigenvalue weighted by molar-refractivity contribution is 5.96. The number of hydrogen-bond donors (Lipinski definition) is 0. The third kappa shape index (κ3) is 3.79. The Kier molecular flexibility index (Phi) is 4.94. The molecule has 0 spiro atoms. The molecule has 0 saturated heterocycles. The first-order chi connectivity index (χ1) is 15.1. The van der Waals surface area contributed by atoms with Crippen molar-refractivity contribution in [2.75, 3.05) is 6.61 Å². The van der Waals surface area contributed by atoms with Crippen LogP contribution < -0.4 is 14.0 Å². The average molecular weight is 413 g/mol. The normalized spacial score (nSPS) is 15.2. The van der Waals surface area contributed by atoms with Crippen LogP contribution in [0, 0.1) is 13.8 Å². The fraction of sp³-hybridized carbons (Fsp3) is 0.231. The second-order valence-corrected chi connectivity index (χ2v) is 8.06. The molecule has 31 heavy (non-hydrogen) atoms. The largest absolute Gasteiger partial charge is 0.486 e. The van der Waals surface area contributed by atoms with E-state index in [9.17, 15) is 4.79 Å². The summed E-state index contributed by atoms with van der Waals surface area (Å²) in [4.78, 5) is 13.1. The minimum absolute atomic E-state index is 0.0995. The van der Waals surface area contributed by atoms with Gasteiger partial charge in [0.15, 0.2) is 30.0 Å². The van der Waals surface area contributed by atoms with E-state index in [0.29, 0.717) is 19.7 Å². The molecule has 0 N–H and O–H groups in total. The predicted molar refractivity (Wildman–Crippen MR) is 119 cm³/mol. The number of hydrogen-bond acceptors (Lipinski definition) is 3. The van der Waals surface area contributed by atoms with E-state index < -0.39 is 0 Å². The molecule has 0 unspecified atom stereocenters. The number of fused-ring (bicyclic) bond motifs is 2. The highest BCUT2D eigenvalue weighted by Gasteiger charge is 2.24. The number of Topliss-reactive ketones (excluding diaryl/α,β-unsaturated/α-hetero) is 1. The number of nitrogens with zero attached hydrogens (tertiary/aromatic N) is 2. The standard InChI is InChI=1S/C26H25N2O3/c1-18-13-23(24(29)16-27-12-11-20-7-3-4-8-21(20)14-27)19(2)28(18)15-22-17-30-25-9-5-6-10-26(25)31-22/h3-14,22H,15-17H2,1-2H3/q+1/t22-/m0/s1. The number of rotatable bonds is 5. The van der Waals surface area contributed by atoms with Crippen LogP contribution in [0.1, 0.15) is 21.7 Å². The lowest BCUT2D eigenvalue weighted by molar-refractivity contribution is -0.681. The molecule has 156 valence electrons. The lowest BCUT2D eigenvalue weighted by atomic mass is 10.1. The molecule has 0 aliphatic carbocycles. The SMILES string of the molecule is Cc1cc(C(=O)C[n+]2ccc3ccccc3c2)c(C)n1C[C@H]1COc2ccccc2O1. The molecule has 3 heterocycles. The van der Waals surface area contributed by atoms with Crippen molar-refractivity contribution >= 4 is 16.6 Å². The van der Waals surface area contributed by atoms with Crippen LogP contribution in [0.15, 0.2) is 73.1 Å². The van der Waals surface area contributed by atoms with E-state index in [0.717, 1.165) is 33.8 Å². The zero-order valence-corrected chi connectivity index (χ0v) is 17.7. The average Bonchev–Trinajstić information content (AvgIpc) is 3.07. The lowest BCUT2D eigenvalue weighted by Crippen LogP contribution is -2.37. The summed E-state index contributed by atoms with van der Waals surface area (Å²) >= 11 is 0. The minimum Gasteiger partial charge on any atom is -0.486 e. The molecule has 5 rings (SSSR count). The number of ether oxygens (including phenoxy) is 2. The molecule has 0 amide bonds. The quantitative estimate of drug-likeness (QED) is 0.363. The molecule has 5 nitrogen and oxygen atoms in total. The van der Waals surface area contributed by atoms with Gasteiger partial charge in [0.25, 0.3) is 0 Å². The molecule has 0 radical (unpaired) electrons. The van der Waals surface area contributed by atoms with Gasteiger partial charge in [0.1, 0.15) is 6.61 Å². The van der Waals surface area contributed by atoms with Crippen molar-refractivity contribution in [3.8, 4) is 11.5 Å². The van der Waals surface area contributed by atoms with Gasteiger partial charge >= 0.3 is 0 Å². The molecule has 1 atom stereocenters. The Morgan fingerprint density at radius 3 is 2.61 bits per heavy atom. The Morgan fingerprint density at radius 1 is 1.03 bits per heavy atom. The van der Waals surface area contributed by atoms with Gasteiger partial charge in [-0.05, 0) is 43.5 Å². The van der Waals surface area contributed by atoms with E-state index in [1.54, 1.807) is 0 Å². The number of carbonyl (C=O) groups is 1. The second kappa shape index (κ2) is 7.91. The van der Waals surface area contributed by atoms with Gasteiger partial charge in [-0.25, -0.2) is 0 Å². The molecule has 2 aromatic carbocycles. The van der Waals surface area contributed by atoms with Gasteiger partial charge in [-0.3, -0.25) is 4.79 Å². The first kappa shape index (κ1) is 19.4. The molecule has 0 saturated carbocycles. The van der Waals surface area contributed by atoms with Gasteiger partial charge in [0.2, 0.25) is 12.3 Å². The van der Waals surface area contributed by atoms with E-state index in [1.807, 2.05) is 79.3 Å². The third-order valence-corrected chi connectivity index (χ3v) is 5.90. The maximum Gasteiger partial charge on any atom is 0.229 e. The van der Waals surface area contributed by atoms with Gasteiger partial charge in [-0.2, -0.15) is 4.57 Å².